The van der Waals surface area contributed by atoms with E-state index in [9.17, 15) is 0 Å². The van der Waals surface area contributed by atoms with Crippen LogP contribution in [0.3, 0.4) is 0 Å². The van der Waals surface area contributed by atoms with Crippen LogP contribution in [0, 0.1) is 6.92 Å². The molecular weight excluding hydrogens is 178 g/mol. The number of ether oxygens (including phenoxy) is 2. The molecule has 0 amide bonds. The van der Waals surface area contributed by atoms with E-state index in [1.54, 1.807) is 0 Å². The zero-order valence-electron chi connectivity index (χ0n) is 8.76. The van der Waals surface area contributed by atoms with Gasteiger partial charge in [-0.05, 0) is 44.0 Å². The molecule has 3 heteroatoms. The Hall–Kier alpha value is -1.22. The maximum Gasteiger partial charge on any atom is 0.231 e. The lowest BCUT2D eigenvalue weighted by atomic mass is 9.91. The van der Waals surface area contributed by atoms with Gasteiger partial charge >= 0.3 is 0 Å². The molecule has 1 aliphatic heterocycles. The zero-order chi connectivity index (χ0) is 10.3. The lowest BCUT2D eigenvalue weighted by Crippen LogP contribution is -2.29. The second-order valence-electron chi connectivity index (χ2n) is 4.24. The molecule has 0 unspecified atom stereocenters. The second kappa shape index (κ2) is 2.89. The van der Waals surface area contributed by atoms with Gasteiger partial charge in [0, 0.05) is 5.54 Å². The highest BCUT2D eigenvalue weighted by Gasteiger charge is 2.22. The third kappa shape index (κ3) is 1.44. The first-order valence-electron chi connectivity index (χ1n) is 4.68. The smallest absolute Gasteiger partial charge is 0.231 e. The van der Waals surface area contributed by atoms with Crippen molar-refractivity contribution < 1.29 is 9.47 Å². The number of benzene rings is 1. The zero-order valence-corrected chi connectivity index (χ0v) is 8.76. The van der Waals surface area contributed by atoms with Crippen LogP contribution in [0.15, 0.2) is 12.1 Å². The van der Waals surface area contributed by atoms with E-state index in [0.717, 1.165) is 22.6 Å². The van der Waals surface area contributed by atoms with Crippen molar-refractivity contribution in [1.29, 1.82) is 0 Å². The van der Waals surface area contributed by atoms with Crippen molar-refractivity contribution in [2.45, 2.75) is 26.3 Å². The molecule has 2 rings (SSSR count). The molecule has 1 heterocycles. The number of fused-ring (bicyclic) bond motifs is 1. The van der Waals surface area contributed by atoms with E-state index in [0.29, 0.717) is 6.79 Å². The third-order valence-corrected chi connectivity index (χ3v) is 2.41. The Kier molecular flexibility index (Phi) is 1.93. The van der Waals surface area contributed by atoms with Crippen molar-refractivity contribution in [2.75, 3.05) is 6.79 Å². The van der Waals surface area contributed by atoms with Crippen LogP contribution < -0.4 is 15.2 Å². The first-order valence-corrected chi connectivity index (χ1v) is 4.68. The summed E-state index contributed by atoms with van der Waals surface area (Å²) in [5.74, 6) is 1.61. The molecule has 1 aromatic rings. The van der Waals surface area contributed by atoms with Crippen molar-refractivity contribution >= 4 is 0 Å². The van der Waals surface area contributed by atoms with Crippen LogP contribution in [-0.2, 0) is 5.54 Å². The van der Waals surface area contributed by atoms with E-state index in [4.69, 9.17) is 15.2 Å². The van der Waals surface area contributed by atoms with Crippen LogP contribution in [0.2, 0.25) is 0 Å². The largest absolute Gasteiger partial charge is 0.454 e. The van der Waals surface area contributed by atoms with Gasteiger partial charge in [-0.2, -0.15) is 0 Å². The molecule has 0 bridgehead atoms. The third-order valence-electron chi connectivity index (χ3n) is 2.41. The standard InChI is InChI=1S/C11H15NO2/c1-7-4-9-10(14-6-13-9)5-8(7)11(2,3)12/h4-5H,6,12H2,1-3H3. The Morgan fingerprint density at radius 3 is 2.36 bits per heavy atom. The van der Waals surface area contributed by atoms with Crippen LogP contribution in [0.5, 0.6) is 11.5 Å². The maximum absolute atomic E-state index is 6.06. The minimum Gasteiger partial charge on any atom is -0.454 e. The van der Waals surface area contributed by atoms with Gasteiger partial charge in [0.15, 0.2) is 11.5 Å². The van der Waals surface area contributed by atoms with Crippen LogP contribution in [0.25, 0.3) is 0 Å². The molecule has 14 heavy (non-hydrogen) atoms. The maximum atomic E-state index is 6.06. The van der Waals surface area contributed by atoms with E-state index in [1.807, 2.05) is 32.9 Å². The van der Waals surface area contributed by atoms with Gasteiger partial charge in [0.05, 0.1) is 0 Å². The Bertz CT molecular complexity index is 366. The normalized spacial score (nSPS) is 14.6. The number of hydrogen-bond acceptors (Lipinski definition) is 3. The Morgan fingerprint density at radius 1 is 1.21 bits per heavy atom. The molecular formula is C11H15NO2. The summed E-state index contributed by atoms with van der Waals surface area (Å²) < 4.78 is 10.6. The van der Waals surface area contributed by atoms with Crippen molar-refractivity contribution in [3.05, 3.63) is 23.3 Å². The van der Waals surface area contributed by atoms with Gasteiger partial charge in [-0.1, -0.05) is 0 Å². The second-order valence-corrected chi connectivity index (χ2v) is 4.24. The molecule has 0 fully saturated rings. The summed E-state index contributed by atoms with van der Waals surface area (Å²) in [6.07, 6.45) is 0. The average Bonchev–Trinajstić information content (AvgIpc) is 2.47. The molecule has 3 nitrogen and oxygen atoms in total. The summed E-state index contributed by atoms with van der Waals surface area (Å²) in [6, 6.07) is 3.95. The minimum atomic E-state index is -0.342. The van der Waals surface area contributed by atoms with Crippen LogP contribution in [0.4, 0.5) is 0 Å². The van der Waals surface area contributed by atoms with Crippen LogP contribution in [0.1, 0.15) is 25.0 Å². The monoisotopic (exact) mass is 193 g/mol. The molecule has 0 aliphatic carbocycles. The van der Waals surface area contributed by atoms with Gasteiger partial charge in [-0.3, -0.25) is 0 Å². The quantitative estimate of drug-likeness (QED) is 0.741. The minimum absolute atomic E-state index is 0.309. The lowest BCUT2D eigenvalue weighted by Gasteiger charge is -2.21. The van der Waals surface area contributed by atoms with Gasteiger partial charge in [0.1, 0.15) is 0 Å². The topological polar surface area (TPSA) is 44.5 Å². The van der Waals surface area contributed by atoms with Crippen molar-refractivity contribution in [1.82, 2.24) is 0 Å². The van der Waals surface area contributed by atoms with Gasteiger partial charge < -0.3 is 15.2 Å². The highest BCUT2D eigenvalue weighted by molar-refractivity contribution is 5.50. The summed E-state index contributed by atoms with van der Waals surface area (Å²) in [7, 11) is 0. The summed E-state index contributed by atoms with van der Waals surface area (Å²) in [6.45, 7) is 6.31. The molecule has 0 spiro atoms. The summed E-state index contributed by atoms with van der Waals surface area (Å²) in [4.78, 5) is 0. The number of nitrogens with two attached hydrogens (primary N) is 1. The molecule has 1 aromatic carbocycles. The fourth-order valence-corrected chi connectivity index (χ4v) is 1.74. The van der Waals surface area contributed by atoms with E-state index < -0.39 is 0 Å². The van der Waals surface area contributed by atoms with Gasteiger partial charge in [0.2, 0.25) is 6.79 Å². The van der Waals surface area contributed by atoms with Gasteiger partial charge in [-0.25, -0.2) is 0 Å². The molecule has 0 atom stereocenters. The van der Waals surface area contributed by atoms with Crippen LogP contribution >= 0.6 is 0 Å². The van der Waals surface area contributed by atoms with Crippen LogP contribution in [-0.4, -0.2) is 6.79 Å². The number of aryl methyl sites for hydroxylation is 1. The summed E-state index contributed by atoms with van der Waals surface area (Å²) >= 11 is 0. The summed E-state index contributed by atoms with van der Waals surface area (Å²) in [5, 5.41) is 0. The predicted molar refractivity (Wildman–Crippen MR) is 54.5 cm³/mol. The van der Waals surface area contributed by atoms with E-state index in [2.05, 4.69) is 0 Å². The molecule has 1 aliphatic rings. The molecule has 2 N–H and O–H groups in total. The first kappa shape index (κ1) is 9.34. The fourth-order valence-electron chi connectivity index (χ4n) is 1.74. The average molecular weight is 193 g/mol. The van der Waals surface area contributed by atoms with Crippen molar-refractivity contribution in [2.24, 2.45) is 5.73 Å². The van der Waals surface area contributed by atoms with E-state index in [1.165, 1.54) is 0 Å². The Labute approximate surface area is 83.8 Å². The fraction of sp³-hybridized carbons (Fsp3) is 0.455. The molecule has 76 valence electrons. The van der Waals surface area contributed by atoms with E-state index in [-0.39, 0.29) is 5.54 Å². The number of rotatable bonds is 1. The van der Waals surface area contributed by atoms with Crippen molar-refractivity contribution in [3.63, 3.8) is 0 Å². The number of hydrogen-bond donors (Lipinski definition) is 1. The molecule has 0 saturated carbocycles. The predicted octanol–water partition coefficient (Wildman–Crippen LogP) is 1.92. The molecule has 0 radical (unpaired) electrons. The molecule has 0 saturated heterocycles. The Morgan fingerprint density at radius 2 is 1.79 bits per heavy atom. The van der Waals surface area contributed by atoms with Gasteiger partial charge in [-0.15, -0.1) is 0 Å². The SMILES string of the molecule is Cc1cc2c(cc1C(C)(C)N)OCO2. The molecule has 0 aromatic heterocycles. The van der Waals surface area contributed by atoms with Crippen molar-refractivity contribution in [3.8, 4) is 11.5 Å². The van der Waals surface area contributed by atoms with Gasteiger partial charge in [0.25, 0.3) is 0 Å². The summed E-state index contributed by atoms with van der Waals surface area (Å²) in [5.41, 5.74) is 7.95. The Balaban J connectivity index is 2.53. The first-order chi connectivity index (χ1) is 6.48. The highest BCUT2D eigenvalue weighted by atomic mass is 16.7. The highest BCUT2D eigenvalue weighted by Crippen LogP contribution is 2.37. The van der Waals surface area contributed by atoms with E-state index >= 15 is 0 Å². The lowest BCUT2D eigenvalue weighted by molar-refractivity contribution is 0.174.